The standard InChI is InChI=1S/C22H20N2O3/c1-16-6-5-9-19(22(16)26)14-23-24-21(25)15-27-20-12-10-18(11-13-20)17-7-3-2-4-8-17/h2-14,26H,15H2,1H3,(H,24,25)/b23-14-. The van der Waals surface area contributed by atoms with Gasteiger partial charge in [-0.05, 0) is 41.8 Å². The summed E-state index contributed by atoms with van der Waals surface area (Å²) >= 11 is 0. The van der Waals surface area contributed by atoms with E-state index in [0.717, 1.165) is 16.7 Å². The fourth-order valence-electron chi connectivity index (χ4n) is 2.52. The molecule has 0 aromatic heterocycles. The highest BCUT2D eigenvalue weighted by Gasteiger charge is 2.04. The Hall–Kier alpha value is -3.60. The molecule has 0 saturated heterocycles. The van der Waals surface area contributed by atoms with Crippen LogP contribution in [0.2, 0.25) is 0 Å². The molecular formula is C22H20N2O3. The van der Waals surface area contributed by atoms with E-state index in [0.29, 0.717) is 11.3 Å². The predicted molar refractivity (Wildman–Crippen MR) is 106 cm³/mol. The monoisotopic (exact) mass is 360 g/mol. The number of para-hydroxylation sites is 1. The molecule has 0 saturated carbocycles. The lowest BCUT2D eigenvalue weighted by Crippen LogP contribution is -2.24. The van der Waals surface area contributed by atoms with Crippen LogP contribution in [0.15, 0.2) is 77.9 Å². The summed E-state index contributed by atoms with van der Waals surface area (Å²) in [5.74, 6) is 0.362. The third-order valence-corrected chi connectivity index (χ3v) is 3.99. The maximum atomic E-state index is 11.8. The zero-order valence-electron chi connectivity index (χ0n) is 14.9. The Balaban J connectivity index is 1.50. The molecule has 0 bridgehead atoms. The van der Waals surface area contributed by atoms with E-state index in [2.05, 4.69) is 10.5 Å². The van der Waals surface area contributed by atoms with Gasteiger partial charge in [-0.25, -0.2) is 5.43 Å². The normalized spacial score (nSPS) is 10.7. The number of carbonyl (C=O) groups excluding carboxylic acids is 1. The molecule has 5 nitrogen and oxygen atoms in total. The first-order valence-electron chi connectivity index (χ1n) is 8.52. The van der Waals surface area contributed by atoms with Crippen LogP contribution < -0.4 is 10.2 Å². The largest absolute Gasteiger partial charge is 0.507 e. The number of aromatic hydroxyl groups is 1. The van der Waals surface area contributed by atoms with Crippen molar-refractivity contribution in [2.75, 3.05) is 6.61 Å². The van der Waals surface area contributed by atoms with Crippen molar-refractivity contribution in [2.24, 2.45) is 5.10 Å². The van der Waals surface area contributed by atoms with Crippen LogP contribution in [0.5, 0.6) is 11.5 Å². The lowest BCUT2D eigenvalue weighted by atomic mass is 10.1. The Morgan fingerprint density at radius 2 is 1.70 bits per heavy atom. The number of carbonyl (C=O) groups is 1. The lowest BCUT2D eigenvalue weighted by Gasteiger charge is -2.07. The number of ether oxygens (including phenoxy) is 1. The SMILES string of the molecule is Cc1cccc(/C=N\NC(=O)COc2ccc(-c3ccccc3)cc2)c1O. The minimum absolute atomic E-state index is 0.144. The molecule has 0 atom stereocenters. The van der Waals surface area contributed by atoms with Gasteiger partial charge in [0, 0.05) is 5.56 Å². The van der Waals surface area contributed by atoms with E-state index < -0.39 is 0 Å². The fraction of sp³-hybridized carbons (Fsp3) is 0.0909. The Labute approximate surface area is 157 Å². The molecule has 0 spiro atoms. The van der Waals surface area contributed by atoms with Crippen molar-refractivity contribution < 1.29 is 14.6 Å². The van der Waals surface area contributed by atoms with Crippen molar-refractivity contribution >= 4 is 12.1 Å². The van der Waals surface area contributed by atoms with Gasteiger partial charge in [-0.1, -0.05) is 54.6 Å². The quantitative estimate of drug-likeness (QED) is 0.517. The fourth-order valence-corrected chi connectivity index (χ4v) is 2.52. The van der Waals surface area contributed by atoms with Gasteiger partial charge < -0.3 is 9.84 Å². The van der Waals surface area contributed by atoms with Crippen molar-refractivity contribution in [3.63, 3.8) is 0 Å². The summed E-state index contributed by atoms with van der Waals surface area (Å²) in [6.45, 7) is 1.64. The molecule has 3 rings (SSSR count). The Kier molecular flexibility index (Phi) is 5.84. The first kappa shape index (κ1) is 18.2. The van der Waals surface area contributed by atoms with Gasteiger partial charge in [-0.15, -0.1) is 0 Å². The zero-order chi connectivity index (χ0) is 19.1. The van der Waals surface area contributed by atoms with Gasteiger partial charge in [0.25, 0.3) is 5.91 Å². The van der Waals surface area contributed by atoms with Gasteiger partial charge in [0.15, 0.2) is 6.61 Å². The molecule has 0 heterocycles. The van der Waals surface area contributed by atoms with Crippen molar-refractivity contribution in [1.82, 2.24) is 5.43 Å². The number of hydrazone groups is 1. The van der Waals surface area contributed by atoms with Gasteiger partial charge in [0.05, 0.1) is 6.21 Å². The van der Waals surface area contributed by atoms with E-state index in [1.54, 1.807) is 25.1 Å². The Morgan fingerprint density at radius 3 is 2.44 bits per heavy atom. The van der Waals surface area contributed by atoms with Crippen molar-refractivity contribution in [1.29, 1.82) is 0 Å². The van der Waals surface area contributed by atoms with E-state index in [-0.39, 0.29) is 18.3 Å². The molecule has 27 heavy (non-hydrogen) atoms. The van der Waals surface area contributed by atoms with Crippen LogP contribution in [0.25, 0.3) is 11.1 Å². The predicted octanol–water partition coefficient (Wildman–Crippen LogP) is 3.90. The lowest BCUT2D eigenvalue weighted by molar-refractivity contribution is -0.123. The minimum Gasteiger partial charge on any atom is -0.507 e. The third-order valence-electron chi connectivity index (χ3n) is 3.99. The smallest absolute Gasteiger partial charge is 0.277 e. The average molecular weight is 360 g/mol. The first-order valence-corrected chi connectivity index (χ1v) is 8.52. The highest BCUT2D eigenvalue weighted by atomic mass is 16.5. The van der Waals surface area contributed by atoms with E-state index >= 15 is 0 Å². The van der Waals surface area contributed by atoms with Crippen LogP contribution in [0.4, 0.5) is 0 Å². The van der Waals surface area contributed by atoms with Gasteiger partial charge in [0.2, 0.25) is 0 Å². The number of nitrogens with zero attached hydrogens (tertiary/aromatic N) is 1. The molecule has 0 unspecified atom stereocenters. The number of aryl methyl sites for hydroxylation is 1. The molecule has 0 aliphatic heterocycles. The Bertz CT molecular complexity index is 936. The summed E-state index contributed by atoms with van der Waals surface area (Å²) in [5.41, 5.74) is 5.86. The first-order chi connectivity index (χ1) is 13.1. The van der Waals surface area contributed by atoms with Crippen molar-refractivity contribution in [3.8, 4) is 22.6 Å². The number of amides is 1. The van der Waals surface area contributed by atoms with Crippen LogP contribution in [0.1, 0.15) is 11.1 Å². The Morgan fingerprint density at radius 1 is 1.00 bits per heavy atom. The second-order valence-electron chi connectivity index (χ2n) is 5.99. The van der Waals surface area contributed by atoms with Crippen LogP contribution in [-0.2, 0) is 4.79 Å². The van der Waals surface area contributed by atoms with Gasteiger partial charge in [0.1, 0.15) is 11.5 Å². The minimum atomic E-state index is -0.384. The summed E-state index contributed by atoms with van der Waals surface area (Å²) in [7, 11) is 0. The summed E-state index contributed by atoms with van der Waals surface area (Å²) in [6, 6.07) is 22.9. The molecule has 0 aliphatic rings. The summed E-state index contributed by atoms with van der Waals surface area (Å²) < 4.78 is 5.47. The summed E-state index contributed by atoms with van der Waals surface area (Å²) in [6.07, 6.45) is 1.40. The van der Waals surface area contributed by atoms with Crippen molar-refractivity contribution in [2.45, 2.75) is 6.92 Å². The van der Waals surface area contributed by atoms with Crippen LogP contribution in [0.3, 0.4) is 0 Å². The molecule has 3 aromatic rings. The zero-order valence-corrected chi connectivity index (χ0v) is 14.9. The van der Waals surface area contributed by atoms with Gasteiger partial charge in [-0.2, -0.15) is 5.10 Å². The summed E-state index contributed by atoms with van der Waals surface area (Å²) in [5, 5.41) is 13.7. The molecule has 0 fully saturated rings. The molecule has 0 radical (unpaired) electrons. The number of benzene rings is 3. The summed E-state index contributed by atoms with van der Waals surface area (Å²) in [4.78, 5) is 11.8. The van der Waals surface area contributed by atoms with Crippen LogP contribution in [0, 0.1) is 6.92 Å². The van der Waals surface area contributed by atoms with Crippen LogP contribution >= 0.6 is 0 Å². The van der Waals surface area contributed by atoms with E-state index in [9.17, 15) is 9.90 Å². The van der Waals surface area contributed by atoms with E-state index in [1.165, 1.54) is 6.21 Å². The number of phenols is 1. The molecule has 3 aromatic carbocycles. The number of phenolic OH excluding ortho intramolecular Hbond substituents is 1. The van der Waals surface area contributed by atoms with E-state index in [4.69, 9.17) is 4.74 Å². The molecule has 2 N–H and O–H groups in total. The topological polar surface area (TPSA) is 70.9 Å². The van der Waals surface area contributed by atoms with Crippen molar-refractivity contribution in [3.05, 3.63) is 83.9 Å². The molecule has 136 valence electrons. The highest BCUT2D eigenvalue weighted by molar-refractivity contribution is 5.85. The third kappa shape index (κ3) is 4.95. The number of nitrogens with one attached hydrogen (secondary N) is 1. The molecular weight excluding hydrogens is 340 g/mol. The average Bonchev–Trinajstić information content (AvgIpc) is 2.71. The van der Waals surface area contributed by atoms with Gasteiger partial charge in [-0.3, -0.25) is 4.79 Å². The van der Waals surface area contributed by atoms with Gasteiger partial charge >= 0.3 is 0 Å². The number of hydrogen-bond acceptors (Lipinski definition) is 4. The highest BCUT2D eigenvalue weighted by Crippen LogP contribution is 2.22. The second kappa shape index (κ2) is 8.67. The molecule has 0 aliphatic carbocycles. The number of rotatable bonds is 6. The maximum Gasteiger partial charge on any atom is 0.277 e. The number of hydrogen-bond donors (Lipinski definition) is 2. The maximum absolute atomic E-state index is 11.8. The molecule has 1 amide bonds. The van der Waals surface area contributed by atoms with E-state index in [1.807, 2.05) is 54.6 Å². The van der Waals surface area contributed by atoms with Crippen LogP contribution in [-0.4, -0.2) is 23.8 Å². The molecule has 5 heteroatoms. The second-order valence-corrected chi connectivity index (χ2v) is 5.99.